The molecule has 0 atom stereocenters. The predicted octanol–water partition coefficient (Wildman–Crippen LogP) is 5.42. The lowest BCUT2D eigenvalue weighted by molar-refractivity contribution is 0.331. The molecule has 5 aromatic heterocycles. The van der Waals surface area contributed by atoms with E-state index in [4.69, 9.17) is 14.4 Å². The van der Waals surface area contributed by atoms with Crippen LogP contribution in [0.1, 0.15) is 18.4 Å². The minimum absolute atomic E-state index is 0.674. The van der Waals surface area contributed by atoms with Crippen molar-refractivity contribution in [3.8, 4) is 33.9 Å². The average Bonchev–Trinajstić information content (AvgIpc) is 3.70. The van der Waals surface area contributed by atoms with Gasteiger partial charge >= 0.3 is 0 Å². The lowest BCUT2D eigenvalue weighted by Gasteiger charge is -2.14. The number of benzene rings is 1. The number of aromatic amines is 2. The summed E-state index contributed by atoms with van der Waals surface area (Å²) >= 11 is 0. The molecule has 1 fully saturated rings. The van der Waals surface area contributed by atoms with Gasteiger partial charge in [-0.3, -0.25) is 15.0 Å². The second kappa shape index (κ2) is 8.18. The largest absolute Gasteiger partial charge is 0.472 e. The summed E-state index contributed by atoms with van der Waals surface area (Å²) in [5.74, 6) is 0.674. The maximum absolute atomic E-state index is 5.28. The van der Waals surface area contributed by atoms with Crippen molar-refractivity contribution < 1.29 is 4.42 Å². The first-order valence-corrected chi connectivity index (χ1v) is 11.9. The van der Waals surface area contributed by atoms with Crippen LogP contribution in [0.25, 0.3) is 56.0 Å². The van der Waals surface area contributed by atoms with E-state index in [1.807, 2.05) is 48.8 Å². The Morgan fingerprint density at radius 3 is 2.74 bits per heavy atom. The quantitative estimate of drug-likeness (QED) is 0.356. The van der Waals surface area contributed by atoms with Crippen molar-refractivity contribution >= 4 is 22.1 Å². The van der Waals surface area contributed by atoms with E-state index < -0.39 is 0 Å². The Morgan fingerprint density at radius 1 is 0.914 bits per heavy atom. The Balaban J connectivity index is 1.28. The first-order chi connectivity index (χ1) is 17.3. The van der Waals surface area contributed by atoms with Crippen LogP contribution in [0.3, 0.4) is 0 Å². The van der Waals surface area contributed by atoms with Gasteiger partial charge in [0.2, 0.25) is 0 Å². The van der Waals surface area contributed by atoms with Crippen LogP contribution in [0.5, 0.6) is 0 Å². The number of nitrogens with one attached hydrogen (secondary N) is 2. The molecule has 2 N–H and O–H groups in total. The normalized spacial score (nSPS) is 14.4. The van der Waals surface area contributed by atoms with Gasteiger partial charge in [-0.05, 0) is 61.8 Å². The standard InChI is InChI=1S/C27H23N7O/c1-2-10-34(9-1)15-17-12-19(14-28-13-17)21-6-7-23-25(29-21)26(33-32-23)27-30-22-5-3-4-20(24(22)31-27)18-8-11-35-16-18/h3-8,11-14,16H,1-2,9-10,15H2,(H,30,31)(H,32,33). The maximum atomic E-state index is 5.28. The Morgan fingerprint density at radius 2 is 1.86 bits per heavy atom. The van der Waals surface area contributed by atoms with E-state index in [1.165, 1.54) is 18.4 Å². The van der Waals surface area contributed by atoms with Crippen LogP contribution < -0.4 is 0 Å². The Kier molecular flexibility index (Phi) is 4.70. The number of likely N-dealkylation sites (tertiary alicyclic amines) is 1. The maximum Gasteiger partial charge on any atom is 0.161 e. The Bertz CT molecular complexity index is 1640. The van der Waals surface area contributed by atoms with Crippen LogP contribution in [0, 0.1) is 0 Å². The third kappa shape index (κ3) is 3.59. The molecule has 7 rings (SSSR count). The minimum Gasteiger partial charge on any atom is -0.472 e. The highest BCUT2D eigenvalue weighted by molar-refractivity contribution is 5.96. The highest BCUT2D eigenvalue weighted by atomic mass is 16.3. The van der Waals surface area contributed by atoms with Crippen molar-refractivity contribution in [2.75, 3.05) is 13.1 Å². The van der Waals surface area contributed by atoms with Crippen LogP contribution >= 0.6 is 0 Å². The van der Waals surface area contributed by atoms with Crippen molar-refractivity contribution in [3.05, 3.63) is 72.9 Å². The molecule has 8 heteroatoms. The van der Waals surface area contributed by atoms with E-state index in [9.17, 15) is 0 Å². The molecule has 0 aliphatic carbocycles. The van der Waals surface area contributed by atoms with Crippen molar-refractivity contribution in [1.82, 2.24) is 35.0 Å². The molecule has 6 aromatic rings. The van der Waals surface area contributed by atoms with Gasteiger partial charge in [0, 0.05) is 35.6 Å². The van der Waals surface area contributed by atoms with E-state index in [2.05, 4.69) is 31.1 Å². The summed E-state index contributed by atoms with van der Waals surface area (Å²) in [5, 5.41) is 7.65. The summed E-state index contributed by atoms with van der Waals surface area (Å²) in [5.41, 5.74) is 9.21. The van der Waals surface area contributed by atoms with E-state index in [1.54, 1.807) is 12.5 Å². The van der Waals surface area contributed by atoms with E-state index in [-0.39, 0.29) is 0 Å². The van der Waals surface area contributed by atoms with Gasteiger partial charge in [-0.25, -0.2) is 9.97 Å². The molecule has 8 nitrogen and oxygen atoms in total. The first-order valence-electron chi connectivity index (χ1n) is 11.9. The van der Waals surface area contributed by atoms with Gasteiger partial charge in [-0.1, -0.05) is 12.1 Å². The molecule has 1 saturated heterocycles. The van der Waals surface area contributed by atoms with Crippen molar-refractivity contribution in [1.29, 1.82) is 0 Å². The molecule has 1 aromatic carbocycles. The molecule has 35 heavy (non-hydrogen) atoms. The number of H-pyrrole nitrogens is 2. The zero-order valence-electron chi connectivity index (χ0n) is 19.0. The number of imidazole rings is 1. The molecule has 172 valence electrons. The first kappa shape index (κ1) is 20.1. The molecule has 0 bridgehead atoms. The monoisotopic (exact) mass is 461 g/mol. The van der Waals surface area contributed by atoms with E-state index in [0.717, 1.165) is 64.1 Å². The molecule has 1 aliphatic heterocycles. The minimum atomic E-state index is 0.674. The van der Waals surface area contributed by atoms with Gasteiger partial charge in [0.1, 0.15) is 5.52 Å². The van der Waals surface area contributed by atoms with Crippen LogP contribution in [-0.4, -0.2) is 48.1 Å². The predicted molar refractivity (Wildman–Crippen MR) is 134 cm³/mol. The fourth-order valence-electron chi connectivity index (χ4n) is 4.93. The fraction of sp³-hybridized carbons (Fsp3) is 0.185. The number of nitrogens with zero attached hydrogens (tertiary/aromatic N) is 5. The Hall–Kier alpha value is -4.30. The van der Waals surface area contributed by atoms with Crippen molar-refractivity contribution in [2.24, 2.45) is 0 Å². The second-order valence-corrected chi connectivity index (χ2v) is 9.03. The number of fused-ring (bicyclic) bond motifs is 2. The van der Waals surface area contributed by atoms with Crippen LogP contribution in [0.15, 0.2) is 71.8 Å². The molecule has 6 heterocycles. The molecular formula is C27H23N7O. The number of furan rings is 1. The SMILES string of the molecule is c1cc(-c2ccoc2)c2nc(-c3n[nH]c4ccc(-c5cncc(CN6CCCC6)c5)nc34)[nH]c2c1. The van der Waals surface area contributed by atoms with E-state index in [0.29, 0.717) is 11.5 Å². The highest BCUT2D eigenvalue weighted by Crippen LogP contribution is 2.32. The van der Waals surface area contributed by atoms with Crippen molar-refractivity contribution in [2.45, 2.75) is 19.4 Å². The number of hydrogen-bond donors (Lipinski definition) is 2. The van der Waals surface area contributed by atoms with Gasteiger partial charge in [-0.2, -0.15) is 5.10 Å². The molecule has 0 radical (unpaired) electrons. The number of rotatable bonds is 5. The number of hydrogen-bond acceptors (Lipinski definition) is 6. The van der Waals surface area contributed by atoms with Crippen LogP contribution in [-0.2, 0) is 6.54 Å². The van der Waals surface area contributed by atoms with Crippen LogP contribution in [0.2, 0.25) is 0 Å². The molecule has 0 saturated carbocycles. The summed E-state index contributed by atoms with van der Waals surface area (Å²) in [6, 6.07) is 14.2. The Labute approximate surface area is 201 Å². The number of pyridine rings is 2. The zero-order valence-corrected chi connectivity index (χ0v) is 19.0. The van der Waals surface area contributed by atoms with Crippen molar-refractivity contribution in [3.63, 3.8) is 0 Å². The fourth-order valence-corrected chi connectivity index (χ4v) is 4.93. The lowest BCUT2D eigenvalue weighted by Crippen LogP contribution is -2.18. The average molecular weight is 462 g/mol. The third-order valence-electron chi connectivity index (χ3n) is 6.67. The number of para-hydroxylation sites is 1. The van der Waals surface area contributed by atoms with E-state index >= 15 is 0 Å². The summed E-state index contributed by atoms with van der Waals surface area (Å²) in [4.78, 5) is 20.3. The summed E-state index contributed by atoms with van der Waals surface area (Å²) < 4.78 is 5.28. The van der Waals surface area contributed by atoms with Gasteiger partial charge < -0.3 is 9.40 Å². The summed E-state index contributed by atoms with van der Waals surface area (Å²) in [7, 11) is 0. The molecule has 0 unspecified atom stereocenters. The van der Waals surface area contributed by atoms with Gasteiger partial charge in [-0.15, -0.1) is 0 Å². The molecule has 1 aliphatic rings. The second-order valence-electron chi connectivity index (χ2n) is 9.03. The van der Waals surface area contributed by atoms with Gasteiger partial charge in [0.05, 0.1) is 34.8 Å². The topological polar surface area (TPSA) is 99.5 Å². The zero-order chi connectivity index (χ0) is 23.2. The van der Waals surface area contributed by atoms with Crippen LogP contribution in [0.4, 0.5) is 0 Å². The van der Waals surface area contributed by atoms with Gasteiger partial charge in [0.15, 0.2) is 11.5 Å². The third-order valence-corrected chi connectivity index (χ3v) is 6.67. The summed E-state index contributed by atoms with van der Waals surface area (Å²) in [6.45, 7) is 3.25. The highest BCUT2D eigenvalue weighted by Gasteiger charge is 2.18. The molecule has 0 amide bonds. The number of aromatic nitrogens is 6. The van der Waals surface area contributed by atoms with Gasteiger partial charge in [0.25, 0.3) is 0 Å². The molecular weight excluding hydrogens is 438 g/mol. The summed E-state index contributed by atoms with van der Waals surface area (Å²) in [6.07, 6.45) is 9.78. The smallest absolute Gasteiger partial charge is 0.161 e. The molecule has 0 spiro atoms. The lowest BCUT2D eigenvalue weighted by atomic mass is 10.1.